The van der Waals surface area contributed by atoms with Crippen LogP contribution >= 0.6 is 0 Å². The van der Waals surface area contributed by atoms with E-state index in [-0.39, 0.29) is 0 Å². The molecular weight excluding hydrogens is 148 g/mol. The van der Waals surface area contributed by atoms with Crippen molar-refractivity contribution in [3.05, 3.63) is 0 Å². The lowest BCUT2D eigenvalue weighted by Gasteiger charge is -2.16. The maximum atomic E-state index is 8.29. The Hall–Kier alpha value is -0.550. The van der Waals surface area contributed by atoms with E-state index in [0.29, 0.717) is 18.4 Å². The van der Waals surface area contributed by atoms with Gasteiger partial charge in [0.25, 0.3) is 0 Å². The van der Waals surface area contributed by atoms with E-state index in [9.17, 15) is 0 Å². The Morgan fingerprint density at radius 2 is 1.92 bits per heavy atom. The Bertz CT molecular complexity index is 135. The molecule has 0 aliphatic rings. The van der Waals surface area contributed by atoms with E-state index in [0.717, 1.165) is 19.4 Å². The molecule has 0 fully saturated rings. The van der Waals surface area contributed by atoms with Crippen LogP contribution in [-0.2, 0) is 0 Å². The highest BCUT2D eigenvalue weighted by Crippen LogP contribution is 2.00. The molecule has 0 saturated carbocycles. The van der Waals surface area contributed by atoms with Crippen LogP contribution in [0, 0.1) is 17.2 Å². The van der Waals surface area contributed by atoms with Crippen LogP contribution in [0.3, 0.4) is 0 Å². The van der Waals surface area contributed by atoms with Crippen LogP contribution in [0.5, 0.6) is 0 Å². The van der Waals surface area contributed by atoms with Crippen molar-refractivity contribution in [2.75, 3.05) is 6.54 Å². The summed E-state index contributed by atoms with van der Waals surface area (Å²) in [6, 6.07) is 2.74. The van der Waals surface area contributed by atoms with Gasteiger partial charge in [0, 0.05) is 12.5 Å². The Labute approximate surface area is 76.0 Å². The van der Waals surface area contributed by atoms with Gasteiger partial charge in [-0.05, 0) is 32.2 Å². The van der Waals surface area contributed by atoms with Gasteiger partial charge in [0.15, 0.2) is 0 Å². The highest BCUT2D eigenvalue weighted by molar-refractivity contribution is 4.69. The minimum atomic E-state index is 0.590. The summed E-state index contributed by atoms with van der Waals surface area (Å²) in [5.74, 6) is 0.695. The molecule has 0 aromatic rings. The third-order valence-electron chi connectivity index (χ3n) is 2.18. The molecule has 1 unspecified atom stereocenters. The van der Waals surface area contributed by atoms with Crippen LogP contribution in [0.25, 0.3) is 0 Å². The fourth-order valence-corrected chi connectivity index (χ4v) is 0.894. The van der Waals surface area contributed by atoms with Crippen molar-refractivity contribution in [3.63, 3.8) is 0 Å². The van der Waals surface area contributed by atoms with Gasteiger partial charge in [-0.2, -0.15) is 5.26 Å². The number of nitrogens with zero attached hydrogens (tertiary/aromatic N) is 1. The van der Waals surface area contributed by atoms with E-state index in [2.05, 4.69) is 32.2 Å². The van der Waals surface area contributed by atoms with Crippen LogP contribution in [0.15, 0.2) is 0 Å². The minimum Gasteiger partial charge on any atom is -0.314 e. The van der Waals surface area contributed by atoms with Crippen LogP contribution in [0.4, 0.5) is 0 Å². The van der Waals surface area contributed by atoms with Crippen molar-refractivity contribution in [1.29, 1.82) is 5.26 Å². The van der Waals surface area contributed by atoms with E-state index in [1.54, 1.807) is 0 Å². The van der Waals surface area contributed by atoms with Gasteiger partial charge in [-0.15, -0.1) is 0 Å². The van der Waals surface area contributed by atoms with Gasteiger partial charge in [0.1, 0.15) is 0 Å². The van der Waals surface area contributed by atoms with E-state index in [4.69, 9.17) is 5.26 Å². The number of hydrogen-bond donors (Lipinski definition) is 1. The molecule has 0 aromatic carbocycles. The highest BCUT2D eigenvalue weighted by atomic mass is 14.9. The molecule has 1 N–H and O–H groups in total. The molecule has 2 heteroatoms. The molecule has 0 radical (unpaired) electrons. The van der Waals surface area contributed by atoms with Crippen molar-refractivity contribution in [2.24, 2.45) is 5.92 Å². The second-order valence-corrected chi connectivity index (χ2v) is 3.60. The molecule has 0 aromatic heterocycles. The van der Waals surface area contributed by atoms with Crippen molar-refractivity contribution in [1.82, 2.24) is 5.32 Å². The van der Waals surface area contributed by atoms with E-state index >= 15 is 0 Å². The second kappa shape index (κ2) is 7.12. The lowest BCUT2D eigenvalue weighted by atomic mass is 10.1. The Kier molecular flexibility index (Phi) is 6.79. The molecule has 0 amide bonds. The van der Waals surface area contributed by atoms with Gasteiger partial charge in [-0.3, -0.25) is 0 Å². The zero-order chi connectivity index (χ0) is 9.40. The molecule has 0 spiro atoms. The van der Waals surface area contributed by atoms with Gasteiger partial charge in [-0.25, -0.2) is 0 Å². The largest absolute Gasteiger partial charge is 0.314 e. The predicted molar refractivity (Wildman–Crippen MR) is 51.8 cm³/mol. The predicted octanol–water partition coefficient (Wildman–Crippen LogP) is 2.31. The summed E-state index contributed by atoms with van der Waals surface area (Å²) in [6.07, 6.45) is 2.83. The van der Waals surface area contributed by atoms with Crippen molar-refractivity contribution >= 4 is 0 Å². The number of hydrogen-bond acceptors (Lipinski definition) is 2. The Balaban J connectivity index is 3.15. The zero-order valence-electron chi connectivity index (χ0n) is 8.43. The molecule has 0 saturated heterocycles. The first-order valence-electron chi connectivity index (χ1n) is 4.78. The topological polar surface area (TPSA) is 35.8 Å². The minimum absolute atomic E-state index is 0.590. The molecule has 12 heavy (non-hydrogen) atoms. The fraction of sp³-hybridized carbons (Fsp3) is 0.900. The lowest BCUT2D eigenvalue weighted by molar-refractivity contribution is 0.422. The number of nitriles is 1. The maximum absolute atomic E-state index is 8.29. The molecule has 0 rings (SSSR count). The van der Waals surface area contributed by atoms with Crippen molar-refractivity contribution in [3.8, 4) is 6.07 Å². The molecule has 0 bridgehead atoms. The summed E-state index contributed by atoms with van der Waals surface area (Å²) in [4.78, 5) is 0. The summed E-state index contributed by atoms with van der Waals surface area (Å²) in [6.45, 7) is 7.68. The van der Waals surface area contributed by atoms with Gasteiger partial charge in [-0.1, -0.05) is 13.8 Å². The van der Waals surface area contributed by atoms with Gasteiger partial charge >= 0.3 is 0 Å². The number of rotatable bonds is 6. The Morgan fingerprint density at radius 1 is 1.25 bits per heavy atom. The third kappa shape index (κ3) is 6.18. The monoisotopic (exact) mass is 168 g/mol. The summed E-state index contributed by atoms with van der Waals surface area (Å²) in [7, 11) is 0. The second-order valence-electron chi connectivity index (χ2n) is 3.60. The van der Waals surface area contributed by atoms with E-state index < -0.39 is 0 Å². The van der Waals surface area contributed by atoms with E-state index in [1.807, 2.05) is 0 Å². The summed E-state index contributed by atoms with van der Waals surface area (Å²) >= 11 is 0. The maximum Gasteiger partial charge on any atom is 0.0621 e. The van der Waals surface area contributed by atoms with Gasteiger partial charge < -0.3 is 5.32 Å². The molecule has 2 nitrogen and oxygen atoms in total. The zero-order valence-corrected chi connectivity index (χ0v) is 8.43. The Morgan fingerprint density at radius 3 is 2.42 bits per heavy atom. The third-order valence-corrected chi connectivity index (χ3v) is 2.18. The summed E-state index contributed by atoms with van der Waals surface area (Å²) in [5.41, 5.74) is 0. The summed E-state index contributed by atoms with van der Waals surface area (Å²) < 4.78 is 0. The fourth-order valence-electron chi connectivity index (χ4n) is 0.894. The molecule has 0 aliphatic carbocycles. The first-order chi connectivity index (χ1) is 5.68. The molecule has 0 aliphatic heterocycles. The highest BCUT2D eigenvalue weighted by Gasteiger charge is 2.04. The van der Waals surface area contributed by atoms with Crippen LogP contribution in [-0.4, -0.2) is 12.6 Å². The SMILES string of the molecule is CC(C)C(C)NCCCCC#N. The standard InChI is InChI=1S/C10H20N2/c1-9(2)10(3)12-8-6-4-5-7-11/h9-10,12H,4-6,8H2,1-3H3. The number of nitrogens with one attached hydrogen (secondary N) is 1. The first-order valence-corrected chi connectivity index (χ1v) is 4.78. The molecule has 1 atom stereocenters. The molecule has 0 heterocycles. The quantitative estimate of drug-likeness (QED) is 0.618. The van der Waals surface area contributed by atoms with Crippen molar-refractivity contribution in [2.45, 2.75) is 46.1 Å². The van der Waals surface area contributed by atoms with Gasteiger partial charge in [0.05, 0.1) is 6.07 Å². The van der Waals surface area contributed by atoms with Crippen LogP contribution in [0.1, 0.15) is 40.0 Å². The smallest absolute Gasteiger partial charge is 0.0621 e. The molecular formula is C10H20N2. The van der Waals surface area contributed by atoms with Gasteiger partial charge in [0.2, 0.25) is 0 Å². The average Bonchev–Trinajstić information content (AvgIpc) is 2.03. The van der Waals surface area contributed by atoms with Crippen molar-refractivity contribution < 1.29 is 0 Å². The normalized spacial score (nSPS) is 12.9. The first kappa shape index (κ1) is 11.4. The average molecular weight is 168 g/mol. The van der Waals surface area contributed by atoms with Crippen LogP contribution < -0.4 is 5.32 Å². The summed E-state index contributed by atoms with van der Waals surface area (Å²) in [5, 5.41) is 11.7. The lowest BCUT2D eigenvalue weighted by Crippen LogP contribution is -2.31. The van der Waals surface area contributed by atoms with E-state index in [1.165, 1.54) is 0 Å². The molecule has 70 valence electrons. The number of unbranched alkanes of at least 4 members (excludes halogenated alkanes) is 2. The van der Waals surface area contributed by atoms with Crippen LogP contribution in [0.2, 0.25) is 0 Å².